The smallest absolute Gasteiger partial charge is 0.234 e. The van der Waals surface area contributed by atoms with Gasteiger partial charge in [0.1, 0.15) is 0 Å². The van der Waals surface area contributed by atoms with Gasteiger partial charge in [-0.3, -0.25) is 4.79 Å². The Hall–Kier alpha value is -2.23. The number of amides is 1. The number of halogens is 2. The highest BCUT2D eigenvalue weighted by atomic mass is 79.9. The van der Waals surface area contributed by atoms with Gasteiger partial charge in [-0.2, -0.15) is 9.61 Å². The predicted octanol–water partition coefficient (Wildman–Crippen LogP) is 5.05. The Labute approximate surface area is 182 Å². The second kappa shape index (κ2) is 8.42. The van der Waals surface area contributed by atoms with E-state index >= 15 is 0 Å². The van der Waals surface area contributed by atoms with E-state index in [1.165, 1.54) is 11.8 Å². The fraction of sp³-hybridized carbons (Fsp3) is 0.0526. The van der Waals surface area contributed by atoms with E-state index in [0.717, 1.165) is 25.9 Å². The number of rotatable bonds is 5. The summed E-state index contributed by atoms with van der Waals surface area (Å²) in [5.41, 5.74) is 3.18. The van der Waals surface area contributed by atoms with Crippen molar-refractivity contribution in [3.63, 3.8) is 0 Å². The van der Waals surface area contributed by atoms with E-state index in [4.69, 9.17) is 0 Å². The Morgan fingerprint density at radius 2 is 1.61 bits per heavy atom. The molecule has 0 spiro atoms. The van der Waals surface area contributed by atoms with Gasteiger partial charge in [0.2, 0.25) is 11.1 Å². The summed E-state index contributed by atoms with van der Waals surface area (Å²) in [4.78, 5) is 12.2. The highest BCUT2D eigenvalue weighted by Crippen LogP contribution is 2.22. The van der Waals surface area contributed by atoms with Crippen molar-refractivity contribution in [2.45, 2.75) is 5.16 Å². The van der Waals surface area contributed by atoms with Crippen LogP contribution in [0.15, 0.2) is 74.8 Å². The molecule has 6 nitrogen and oxygen atoms in total. The third kappa shape index (κ3) is 4.43. The molecule has 0 radical (unpaired) electrons. The van der Waals surface area contributed by atoms with Gasteiger partial charge in [0.15, 0.2) is 5.65 Å². The third-order valence-corrected chi connectivity index (χ3v) is 5.81. The number of hydrogen-bond donors (Lipinski definition) is 1. The topological polar surface area (TPSA) is 72.2 Å². The van der Waals surface area contributed by atoms with Gasteiger partial charge in [-0.25, -0.2) is 0 Å². The second-order valence-corrected chi connectivity index (χ2v) is 8.60. The molecule has 2 aromatic heterocycles. The van der Waals surface area contributed by atoms with Crippen LogP contribution in [0.2, 0.25) is 0 Å². The van der Waals surface area contributed by atoms with Crippen molar-refractivity contribution in [2.75, 3.05) is 11.1 Å². The lowest BCUT2D eigenvalue weighted by molar-refractivity contribution is -0.113. The second-order valence-electron chi connectivity index (χ2n) is 5.82. The van der Waals surface area contributed by atoms with Crippen LogP contribution in [-0.4, -0.2) is 31.5 Å². The van der Waals surface area contributed by atoms with E-state index in [1.54, 1.807) is 4.52 Å². The molecule has 0 aliphatic heterocycles. The van der Waals surface area contributed by atoms with Crippen LogP contribution in [-0.2, 0) is 4.79 Å². The normalized spacial score (nSPS) is 10.9. The zero-order chi connectivity index (χ0) is 19.5. The molecule has 2 aromatic carbocycles. The zero-order valence-electron chi connectivity index (χ0n) is 14.3. The molecule has 0 aliphatic carbocycles. The quantitative estimate of drug-likeness (QED) is 0.374. The Kier molecular flexibility index (Phi) is 5.74. The lowest BCUT2D eigenvalue weighted by Gasteiger charge is -2.05. The van der Waals surface area contributed by atoms with Crippen molar-refractivity contribution in [3.8, 4) is 11.3 Å². The van der Waals surface area contributed by atoms with E-state index < -0.39 is 0 Å². The molecule has 0 unspecified atom stereocenters. The molecule has 4 rings (SSSR count). The summed E-state index contributed by atoms with van der Waals surface area (Å²) in [5.74, 6) is 0.0919. The fourth-order valence-electron chi connectivity index (χ4n) is 2.49. The van der Waals surface area contributed by atoms with E-state index in [1.807, 2.05) is 60.7 Å². The minimum absolute atomic E-state index is 0.117. The van der Waals surface area contributed by atoms with Crippen molar-refractivity contribution in [2.24, 2.45) is 0 Å². The first-order chi connectivity index (χ1) is 13.6. The maximum atomic E-state index is 12.2. The summed E-state index contributed by atoms with van der Waals surface area (Å²) in [7, 11) is 0. The van der Waals surface area contributed by atoms with Crippen molar-refractivity contribution >= 4 is 60.9 Å². The highest BCUT2D eigenvalue weighted by Gasteiger charge is 2.12. The fourth-order valence-corrected chi connectivity index (χ4v) is 3.71. The van der Waals surface area contributed by atoms with Crippen molar-refractivity contribution in [3.05, 3.63) is 69.6 Å². The largest absolute Gasteiger partial charge is 0.325 e. The molecule has 0 bridgehead atoms. The summed E-state index contributed by atoms with van der Waals surface area (Å²) in [6, 6.07) is 19.1. The van der Waals surface area contributed by atoms with Crippen LogP contribution in [0.4, 0.5) is 5.69 Å². The molecular weight excluding hydrogens is 506 g/mol. The number of aromatic nitrogens is 4. The molecule has 0 fully saturated rings. The van der Waals surface area contributed by atoms with Gasteiger partial charge in [0.05, 0.1) is 11.4 Å². The summed E-state index contributed by atoms with van der Waals surface area (Å²) in [6.45, 7) is 0. The molecule has 0 aliphatic rings. The Morgan fingerprint density at radius 1 is 0.929 bits per heavy atom. The number of fused-ring (bicyclic) bond motifs is 1. The maximum absolute atomic E-state index is 12.2. The van der Waals surface area contributed by atoms with Crippen LogP contribution in [0, 0.1) is 0 Å². The predicted molar refractivity (Wildman–Crippen MR) is 117 cm³/mol. The number of nitrogens with one attached hydrogen (secondary N) is 1. The standard InChI is InChI=1S/C19H13Br2N5OS/c20-13-3-1-12(2-4-13)16-9-10-17-23-24-19(26(17)25-16)28-11-18(27)22-15-7-5-14(21)6-8-15/h1-10H,11H2,(H,22,27). The lowest BCUT2D eigenvalue weighted by Crippen LogP contribution is -2.14. The van der Waals surface area contributed by atoms with Gasteiger partial charge in [-0.05, 0) is 48.5 Å². The summed E-state index contributed by atoms with van der Waals surface area (Å²) in [5, 5.41) is 16.3. The number of nitrogens with zero attached hydrogens (tertiary/aromatic N) is 4. The minimum Gasteiger partial charge on any atom is -0.325 e. The van der Waals surface area contributed by atoms with Gasteiger partial charge in [0, 0.05) is 20.2 Å². The Bertz CT molecular complexity index is 1130. The molecule has 1 amide bonds. The number of carbonyl (C=O) groups excluding carboxylic acids is 1. The highest BCUT2D eigenvalue weighted by molar-refractivity contribution is 9.10. The van der Waals surface area contributed by atoms with Gasteiger partial charge in [-0.1, -0.05) is 55.8 Å². The summed E-state index contributed by atoms with van der Waals surface area (Å²) in [6.07, 6.45) is 0. The monoisotopic (exact) mass is 517 g/mol. The van der Waals surface area contributed by atoms with Gasteiger partial charge in [0.25, 0.3) is 0 Å². The average Bonchev–Trinajstić information content (AvgIpc) is 3.11. The number of carbonyl (C=O) groups is 1. The van der Waals surface area contributed by atoms with Gasteiger partial charge < -0.3 is 5.32 Å². The molecule has 9 heteroatoms. The van der Waals surface area contributed by atoms with Crippen LogP contribution < -0.4 is 5.32 Å². The minimum atomic E-state index is -0.117. The molecule has 4 aromatic rings. The summed E-state index contributed by atoms with van der Waals surface area (Å²) >= 11 is 8.10. The zero-order valence-corrected chi connectivity index (χ0v) is 18.3. The van der Waals surface area contributed by atoms with E-state index in [9.17, 15) is 4.79 Å². The van der Waals surface area contributed by atoms with Crippen LogP contribution in [0.25, 0.3) is 16.9 Å². The van der Waals surface area contributed by atoms with Gasteiger partial charge in [-0.15, -0.1) is 10.2 Å². The van der Waals surface area contributed by atoms with E-state index in [2.05, 4.69) is 52.5 Å². The van der Waals surface area contributed by atoms with Gasteiger partial charge >= 0.3 is 0 Å². The van der Waals surface area contributed by atoms with Crippen LogP contribution in [0.3, 0.4) is 0 Å². The first-order valence-corrected chi connectivity index (χ1v) is 10.8. The number of anilines is 1. The van der Waals surface area contributed by atoms with E-state index in [0.29, 0.717) is 10.8 Å². The van der Waals surface area contributed by atoms with Crippen LogP contribution in [0.5, 0.6) is 0 Å². The molecule has 28 heavy (non-hydrogen) atoms. The first-order valence-electron chi connectivity index (χ1n) is 8.25. The average molecular weight is 519 g/mol. The van der Waals surface area contributed by atoms with Crippen LogP contribution in [0.1, 0.15) is 0 Å². The SMILES string of the molecule is O=C(CSc1nnc2ccc(-c3ccc(Br)cc3)nn12)Nc1ccc(Br)cc1. The maximum Gasteiger partial charge on any atom is 0.234 e. The van der Waals surface area contributed by atoms with Crippen molar-refractivity contribution in [1.82, 2.24) is 19.8 Å². The van der Waals surface area contributed by atoms with Crippen molar-refractivity contribution in [1.29, 1.82) is 0 Å². The summed E-state index contributed by atoms with van der Waals surface area (Å²) < 4.78 is 3.63. The molecule has 0 saturated carbocycles. The third-order valence-electron chi connectivity index (χ3n) is 3.83. The number of thioether (sulfide) groups is 1. The first kappa shape index (κ1) is 19.1. The number of hydrogen-bond acceptors (Lipinski definition) is 5. The molecule has 2 heterocycles. The Morgan fingerprint density at radius 3 is 2.32 bits per heavy atom. The molecule has 0 saturated heterocycles. The molecule has 0 atom stereocenters. The Balaban J connectivity index is 1.49. The van der Waals surface area contributed by atoms with E-state index in [-0.39, 0.29) is 11.7 Å². The molecule has 140 valence electrons. The lowest BCUT2D eigenvalue weighted by atomic mass is 10.1. The van der Waals surface area contributed by atoms with Crippen LogP contribution >= 0.6 is 43.6 Å². The molecular formula is C19H13Br2N5OS. The van der Waals surface area contributed by atoms with Crippen molar-refractivity contribution < 1.29 is 4.79 Å². The number of benzene rings is 2. The molecule has 1 N–H and O–H groups in total.